The standard InChI is InChI=1S/C19H22Cl2O7/c1-19(2)18(21)14(20)13-16(23)12-10(15(22)17(13)28-19)5-9(26-7-24-3)6-11(12)27-8-25-4/h5-6,10,12,14,18H,7-8H2,1-4H3/t10?,12?,14-,18+/m0/s1. The summed E-state index contributed by atoms with van der Waals surface area (Å²) in [7, 11) is 2.93. The number of hydrogen-bond donors (Lipinski definition) is 0. The van der Waals surface area contributed by atoms with E-state index in [1.54, 1.807) is 26.0 Å². The summed E-state index contributed by atoms with van der Waals surface area (Å²) in [6.07, 6.45) is 3.12. The Morgan fingerprint density at radius 3 is 2.36 bits per heavy atom. The van der Waals surface area contributed by atoms with Crippen LogP contribution in [0.4, 0.5) is 0 Å². The van der Waals surface area contributed by atoms with Gasteiger partial charge in [0.05, 0.1) is 28.2 Å². The molecule has 1 heterocycles. The number of hydrogen-bond acceptors (Lipinski definition) is 7. The Morgan fingerprint density at radius 2 is 1.71 bits per heavy atom. The van der Waals surface area contributed by atoms with Crippen molar-refractivity contribution >= 4 is 34.8 Å². The van der Waals surface area contributed by atoms with E-state index in [1.165, 1.54) is 14.2 Å². The predicted molar refractivity (Wildman–Crippen MR) is 101 cm³/mol. The SMILES string of the molecule is COCOC1=CC2C(=O)C3=C(C(=O)C2C(OCOC)=C1)[C@H](Cl)[C@@H](Cl)C(C)(C)O3. The summed E-state index contributed by atoms with van der Waals surface area (Å²) in [6, 6.07) is 0. The first-order valence-electron chi connectivity index (χ1n) is 8.69. The Hall–Kier alpha value is -1.54. The zero-order valence-corrected chi connectivity index (χ0v) is 17.5. The highest BCUT2D eigenvalue weighted by Crippen LogP contribution is 2.47. The Balaban J connectivity index is 2.05. The van der Waals surface area contributed by atoms with Crippen LogP contribution in [0.25, 0.3) is 0 Å². The minimum atomic E-state index is -0.908. The Bertz CT molecular complexity index is 768. The van der Waals surface area contributed by atoms with Gasteiger partial charge in [-0.05, 0) is 19.9 Å². The molecule has 0 aromatic carbocycles. The molecule has 2 aliphatic carbocycles. The van der Waals surface area contributed by atoms with Crippen molar-refractivity contribution in [3.8, 4) is 0 Å². The van der Waals surface area contributed by atoms with Crippen LogP contribution in [0, 0.1) is 11.8 Å². The van der Waals surface area contributed by atoms with Gasteiger partial charge in [0, 0.05) is 20.3 Å². The van der Waals surface area contributed by atoms with Crippen molar-refractivity contribution in [2.24, 2.45) is 11.8 Å². The highest BCUT2D eigenvalue weighted by molar-refractivity contribution is 6.35. The maximum absolute atomic E-state index is 13.3. The fraction of sp³-hybridized carbons (Fsp3) is 0.579. The van der Waals surface area contributed by atoms with Gasteiger partial charge in [0.1, 0.15) is 17.1 Å². The molecule has 0 spiro atoms. The Morgan fingerprint density at radius 1 is 1.07 bits per heavy atom. The summed E-state index contributed by atoms with van der Waals surface area (Å²) in [5.41, 5.74) is -0.817. The van der Waals surface area contributed by atoms with E-state index < -0.39 is 28.2 Å². The van der Waals surface area contributed by atoms with Crippen LogP contribution < -0.4 is 0 Å². The summed E-state index contributed by atoms with van der Waals surface area (Å²) >= 11 is 12.9. The topological polar surface area (TPSA) is 80.3 Å². The van der Waals surface area contributed by atoms with Crippen molar-refractivity contribution in [1.29, 1.82) is 0 Å². The number of ketones is 2. The van der Waals surface area contributed by atoms with Crippen molar-refractivity contribution in [3.63, 3.8) is 0 Å². The summed E-state index contributed by atoms with van der Waals surface area (Å²) in [6.45, 7) is 3.34. The molecule has 3 rings (SSSR count). The third kappa shape index (κ3) is 3.56. The summed E-state index contributed by atoms with van der Waals surface area (Å²) in [4.78, 5) is 26.5. The second-order valence-electron chi connectivity index (χ2n) is 7.20. The van der Waals surface area contributed by atoms with Gasteiger partial charge >= 0.3 is 0 Å². The number of allylic oxidation sites excluding steroid dienone is 5. The zero-order chi connectivity index (χ0) is 20.6. The lowest BCUT2D eigenvalue weighted by atomic mass is 9.71. The quantitative estimate of drug-likeness (QED) is 0.471. The van der Waals surface area contributed by atoms with Crippen LogP contribution in [0.2, 0.25) is 0 Å². The van der Waals surface area contributed by atoms with Gasteiger partial charge in [0.15, 0.2) is 25.1 Å². The largest absolute Gasteiger partial charge is 0.482 e. The third-order valence-corrected chi connectivity index (χ3v) is 6.24. The molecule has 7 nitrogen and oxygen atoms in total. The zero-order valence-electron chi connectivity index (χ0n) is 16.0. The van der Waals surface area contributed by atoms with E-state index in [9.17, 15) is 9.59 Å². The number of Topliss-reactive ketones (excluding diaryl/α,β-unsaturated/α-hetero) is 2. The number of fused-ring (bicyclic) bond motifs is 1. The molecule has 0 N–H and O–H groups in total. The molecule has 28 heavy (non-hydrogen) atoms. The lowest BCUT2D eigenvalue weighted by Gasteiger charge is -2.44. The van der Waals surface area contributed by atoms with Gasteiger partial charge in [-0.25, -0.2) is 0 Å². The minimum absolute atomic E-state index is 0.0193. The van der Waals surface area contributed by atoms with E-state index in [0.717, 1.165) is 0 Å². The van der Waals surface area contributed by atoms with Gasteiger partial charge in [-0.1, -0.05) is 0 Å². The average Bonchev–Trinajstić information content (AvgIpc) is 2.66. The molecule has 0 saturated heterocycles. The van der Waals surface area contributed by atoms with E-state index in [-0.39, 0.29) is 42.2 Å². The summed E-state index contributed by atoms with van der Waals surface area (Å²) in [5.74, 6) is -1.88. The predicted octanol–water partition coefficient (Wildman–Crippen LogP) is 2.67. The molecule has 0 aromatic rings. The van der Waals surface area contributed by atoms with Gasteiger partial charge in [0.25, 0.3) is 0 Å². The van der Waals surface area contributed by atoms with Gasteiger partial charge in [-0.15, -0.1) is 23.2 Å². The van der Waals surface area contributed by atoms with E-state index in [2.05, 4.69) is 0 Å². The summed E-state index contributed by atoms with van der Waals surface area (Å²) < 4.78 is 26.7. The van der Waals surface area contributed by atoms with Gasteiger partial charge in [-0.3, -0.25) is 9.59 Å². The molecular weight excluding hydrogens is 411 g/mol. The Kier molecular flexibility index (Phi) is 6.10. The van der Waals surface area contributed by atoms with Crippen molar-refractivity contribution in [3.05, 3.63) is 35.0 Å². The molecule has 9 heteroatoms. The van der Waals surface area contributed by atoms with E-state index in [4.69, 9.17) is 46.9 Å². The fourth-order valence-corrected chi connectivity index (χ4v) is 4.15. The number of alkyl halides is 2. The van der Waals surface area contributed by atoms with Crippen LogP contribution in [0.15, 0.2) is 35.0 Å². The maximum Gasteiger partial charge on any atom is 0.206 e. The van der Waals surface area contributed by atoms with Crippen molar-refractivity contribution in [2.45, 2.75) is 30.2 Å². The van der Waals surface area contributed by atoms with Gasteiger partial charge in [-0.2, -0.15) is 0 Å². The van der Waals surface area contributed by atoms with Crippen LogP contribution in [-0.2, 0) is 33.3 Å². The van der Waals surface area contributed by atoms with Crippen molar-refractivity contribution in [2.75, 3.05) is 27.8 Å². The average molecular weight is 433 g/mol. The molecule has 1 aliphatic heterocycles. The molecule has 0 saturated carbocycles. The Labute approximate surface area is 173 Å². The second kappa shape index (κ2) is 8.06. The van der Waals surface area contributed by atoms with Gasteiger partial charge < -0.3 is 23.7 Å². The van der Waals surface area contributed by atoms with Crippen LogP contribution in [-0.4, -0.2) is 55.7 Å². The van der Waals surface area contributed by atoms with E-state index in [1.807, 2.05) is 0 Å². The van der Waals surface area contributed by atoms with Gasteiger partial charge in [0.2, 0.25) is 5.78 Å². The highest BCUT2D eigenvalue weighted by Gasteiger charge is 2.55. The van der Waals surface area contributed by atoms with Crippen molar-refractivity contribution < 1.29 is 33.3 Å². The maximum atomic E-state index is 13.3. The number of halogens is 2. The molecular formula is C19H22Cl2O7. The molecule has 4 atom stereocenters. The highest BCUT2D eigenvalue weighted by atomic mass is 35.5. The van der Waals surface area contributed by atoms with Crippen LogP contribution in [0.1, 0.15) is 13.8 Å². The molecule has 154 valence electrons. The summed E-state index contributed by atoms with van der Waals surface area (Å²) in [5, 5.41) is -1.55. The lowest BCUT2D eigenvalue weighted by molar-refractivity contribution is -0.137. The first-order chi connectivity index (χ1) is 13.2. The normalized spacial score (nSPS) is 31.4. The lowest BCUT2D eigenvalue weighted by Crippen LogP contribution is -2.53. The van der Waals surface area contributed by atoms with E-state index in [0.29, 0.717) is 5.76 Å². The fourth-order valence-electron chi connectivity index (χ4n) is 3.47. The number of methoxy groups -OCH3 is 2. The number of rotatable bonds is 6. The number of carbonyl (C=O) groups excluding carboxylic acids is 2. The van der Waals surface area contributed by atoms with E-state index >= 15 is 0 Å². The number of ether oxygens (including phenoxy) is 5. The molecule has 0 fully saturated rings. The monoisotopic (exact) mass is 432 g/mol. The van der Waals surface area contributed by atoms with Crippen LogP contribution in [0.5, 0.6) is 0 Å². The number of carbonyl (C=O) groups is 2. The molecule has 3 aliphatic rings. The van der Waals surface area contributed by atoms with Crippen molar-refractivity contribution in [1.82, 2.24) is 0 Å². The first kappa shape index (κ1) is 21.2. The molecule has 0 radical (unpaired) electrons. The minimum Gasteiger partial charge on any atom is -0.482 e. The molecule has 0 bridgehead atoms. The second-order valence-corrected chi connectivity index (χ2v) is 8.14. The first-order valence-corrected chi connectivity index (χ1v) is 9.56. The van der Waals surface area contributed by atoms with Crippen LogP contribution in [0.3, 0.4) is 0 Å². The molecule has 0 aromatic heterocycles. The smallest absolute Gasteiger partial charge is 0.206 e. The molecule has 0 amide bonds. The molecule has 2 unspecified atom stereocenters. The van der Waals surface area contributed by atoms with Crippen LogP contribution >= 0.6 is 23.2 Å². The third-order valence-electron chi connectivity index (χ3n) is 4.86.